The minimum absolute atomic E-state index is 0.688. The van der Waals surface area contributed by atoms with Crippen molar-refractivity contribution in [1.82, 2.24) is 4.98 Å². The molecule has 2 aromatic rings. The molecule has 0 saturated carbocycles. The molecule has 16 heavy (non-hydrogen) atoms. The number of nitrogens with one attached hydrogen (secondary N) is 1. The summed E-state index contributed by atoms with van der Waals surface area (Å²) < 4.78 is 5.62. The highest BCUT2D eigenvalue weighted by molar-refractivity contribution is 7.14. The van der Waals surface area contributed by atoms with E-state index >= 15 is 0 Å². The van der Waals surface area contributed by atoms with E-state index in [4.69, 9.17) is 4.74 Å². The van der Waals surface area contributed by atoms with Gasteiger partial charge in [-0.2, -0.15) is 0 Å². The van der Waals surface area contributed by atoms with Gasteiger partial charge in [-0.15, -0.1) is 11.3 Å². The van der Waals surface area contributed by atoms with Crippen molar-refractivity contribution in [2.75, 3.05) is 11.9 Å². The first-order valence-corrected chi connectivity index (χ1v) is 6.20. The number of ether oxygens (including phenoxy) is 1. The summed E-state index contributed by atoms with van der Waals surface area (Å²) in [7, 11) is 0. The topological polar surface area (TPSA) is 34.1 Å². The number of rotatable bonds is 2. The molecule has 0 aliphatic carbocycles. The number of aromatic nitrogens is 1. The third-order valence-corrected chi connectivity index (χ3v) is 3.43. The standard InChI is InChI=1S/C12H12N2OS/c1-2-15-10-5-3-4-8-6-9-12(14-11(8)10)16-7-13-9/h3-5,7,14H,2,6H2,1H3. The summed E-state index contributed by atoms with van der Waals surface area (Å²) in [4.78, 5) is 4.35. The molecule has 0 atom stereocenters. The lowest BCUT2D eigenvalue weighted by molar-refractivity contribution is 0.341. The van der Waals surface area contributed by atoms with Gasteiger partial charge < -0.3 is 10.1 Å². The van der Waals surface area contributed by atoms with E-state index in [0.717, 1.165) is 28.6 Å². The Labute approximate surface area is 98.1 Å². The Kier molecular flexibility index (Phi) is 2.29. The normalized spacial score (nSPS) is 12.6. The lowest BCUT2D eigenvalue weighted by Crippen LogP contribution is -2.07. The van der Waals surface area contributed by atoms with E-state index in [1.54, 1.807) is 11.3 Å². The zero-order valence-electron chi connectivity index (χ0n) is 8.99. The molecule has 0 bridgehead atoms. The fourth-order valence-corrected chi connectivity index (χ4v) is 2.64. The molecular weight excluding hydrogens is 220 g/mol. The second-order valence-electron chi connectivity index (χ2n) is 3.65. The number of fused-ring (bicyclic) bond motifs is 2. The second-order valence-corrected chi connectivity index (χ2v) is 4.51. The third kappa shape index (κ3) is 1.46. The van der Waals surface area contributed by atoms with E-state index in [1.165, 1.54) is 5.56 Å². The lowest BCUT2D eigenvalue weighted by atomic mass is 10.0. The smallest absolute Gasteiger partial charge is 0.143 e. The molecule has 0 unspecified atom stereocenters. The SMILES string of the molecule is CCOc1cccc2c1Nc1scnc1C2. The molecule has 0 fully saturated rings. The maximum atomic E-state index is 5.62. The molecule has 3 rings (SSSR count). The maximum Gasteiger partial charge on any atom is 0.143 e. The van der Waals surface area contributed by atoms with Crippen LogP contribution in [0.15, 0.2) is 23.7 Å². The number of nitrogens with zero attached hydrogens (tertiary/aromatic N) is 1. The number of para-hydroxylation sites is 1. The van der Waals surface area contributed by atoms with Gasteiger partial charge in [0.25, 0.3) is 0 Å². The maximum absolute atomic E-state index is 5.62. The number of thiazole rings is 1. The summed E-state index contributed by atoms with van der Waals surface area (Å²) in [5.41, 5.74) is 5.36. The fraction of sp³-hybridized carbons (Fsp3) is 0.250. The van der Waals surface area contributed by atoms with Crippen LogP contribution in [-0.4, -0.2) is 11.6 Å². The Morgan fingerprint density at radius 3 is 3.31 bits per heavy atom. The zero-order chi connectivity index (χ0) is 11.0. The van der Waals surface area contributed by atoms with E-state index in [0.29, 0.717) is 6.61 Å². The molecule has 0 amide bonds. The molecule has 1 aliphatic heterocycles. The molecule has 0 radical (unpaired) electrons. The molecule has 4 heteroatoms. The fourth-order valence-electron chi connectivity index (χ4n) is 1.93. The third-order valence-electron chi connectivity index (χ3n) is 2.65. The minimum Gasteiger partial charge on any atom is -0.492 e. The molecule has 1 N–H and O–H groups in total. The van der Waals surface area contributed by atoms with Crippen molar-refractivity contribution in [2.45, 2.75) is 13.3 Å². The largest absolute Gasteiger partial charge is 0.492 e. The van der Waals surface area contributed by atoms with Gasteiger partial charge in [-0.3, -0.25) is 0 Å². The Morgan fingerprint density at radius 2 is 2.44 bits per heavy atom. The van der Waals surface area contributed by atoms with Crippen molar-refractivity contribution < 1.29 is 4.74 Å². The highest BCUT2D eigenvalue weighted by Gasteiger charge is 2.19. The Morgan fingerprint density at radius 1 is 1.50 bits per heavy atom. The minimum atomic E-state index is 0.688. The average Bonchev–Trinajstić information content (AvgIpc) is 2.74. The Balaban J connectivity index is 2.05. The molecule has 1 aromatic carbocycles. The van der Waals surface area contributed by atoms with Crippen LogP contribution >= 0.6 is 11.3 Å². The molecule has 2 heterocycles. The van der Waals surface area contributed by atoms with E-state index in [-0.39, 0.29) is 0 Å². The Hall–Kier alpha value is -1.55. The van der Waals surface area contributed by atoms with Crippen molar-refractivity contribution in [1.29, 1.82) is 0 Å². The van der Waals surface area contributed by atoms with Gasteiger partial charge in [-0.05, 0) is 18.6 Å². The second kappa shape index (κ2) is 3.79. The van der Waals surface area contributed by atoms with Crippen LogP contribution in [0.4, 0.5) is 10.7 Å². The van der Waals surface area contributed by atoms with Gasteiger partial charge in [0.05, 0.1) is 23.5 Å². The summed E-state index contributed by atoms with van der Waals surface area (Å²) >= 11 is 1.64. The summed E-state index contributed by atoms with van der Waals surface area (Å²) in [5.74, 6) is 0.930. The van der Waals surface area contributed by atoms with Crippen molar-refractivity contribution in [3.05, 3.63) is 35.0 Å². The predicted octanol–water partition coefficient (Wildman–Crippen LogP) is 3.19. The van der Waals surface area contributed by atoms with Crippen LogP contribution in [0.3, 0.4) is 0 Å². The predicted molar refractivity (Wildman–Crippen MR) is 65.8 cm³/mol. The van der Waals surface area contributed by atoms with Crippen LogP contribution in [0.2, 0.25) is 0 Å². The molecule has 1 aromatic heterocycles. The lowest BCUT2D eigenvalue weighted by Gasteiger charge is -2.20. The van der Waals surface area contributed by atoms with Gasteiger partial charge in [0.1, 0.15) is 10.8 Å². The van der Waals surface area contributed by atoms with E-state index in [9.17, 15) is 0 Å². The van der Waals surface area contributed by atoms with Gasteiger partial charge in [0.2, 0.25) is 0 Å². The number of hydrogen-bond acceptors (Lipinski definition) is 4. The molecule has 82 valence electrons. The van der Waals surface area contributed by atoms with Crippen LogP contribution < -0.4 is 10.1 Å². The van der Waals surface area contributed by atoms with Gasteiger partial charge in [0, 0.05) is 6.42 Å². The van der Waals surface area contributed by atoms with Gasteiger partial charge in [-0.25, -0.2) is 4.98 Å². The quantitative estimate of drug-likeness (QED) is 0.736. The van der Waals surface area contributed by atoms with Crippen LogP contribution in [0.25, 0.3) is 0 Å². The van der Waals surface area contributed by atoms with Gasteiger partial charge in [0.15, 0.2) is 0 Å². The monoisotopic (exact) mass is 232 g/mol. The zero-order valence-corrected chi connectivity index (χ0v) is 9.80. The molecule has 1 aliphatic rings. The summed E-state index contributed by atoms with van der Waals surface area (Å²) in [6.45, 7) is 2.69. The van der Waals surface area contributed by atoms with Crippen molar-refractivity contribution in [2.24, 2.45) is 0 Å². The van der Waals surface area contributed by atoms with Crippen LogP contribution in [0.5, 0.6) is 5.75 Å². The highest BCUT2D eigenvalue weighted by Crippen LogP contribution is 2.39. The number of benzene rings is 1. The first kappa shape index (κ1) is 9.66. The summed E-state index contributed by atoms with van der Waals surface area (Å²) in [5, 5.41) is 4.54. The van der Waals surface area contributed by atoms with E-state index in [2.05, 4.69) is 16.4 Å². The number of hydrogen-bond donors (Lipinski definition) is 1. The highest BCUT2D eigenvalue weighted by atomic mass is 32.1. The van der Waals surface area contributed by atoms with E-state index < -0.39 is 0 Å². The first-order valence-electron chi connectivity index (χ1n) is 5.32. The van der Waals surface area contributed by atoms with Crippen LogP contribution in [0, 0.1) is 0 Å². The van der Waals surface area contributed by atoms with Crippen molar-refractivity contribution >= 4 is 22.0 Å². The first-order chi connectivity index (χ1) is 7.88. The van der Waals surface area contributed by atoms with E-state index in [1.807, 2.05) is 24.6 Å². The molecule has 3 nitrogen and oxygen atoms in total. The van der Waals surface area contributed by atoms with Crippen molar-refractivity contribution in [3.8, 4) is 5.75 Å². The Bertz CT molecular complexity index is 521. The molecule has 0 spiro atoms. The van der Waals surface area contributed by atoms with Crippen molar-refractivity contribution in [3.63, 3.8) is 0 Å². The number of anilines is 2. The summed E-state index contributed by atoms with van der Waals surface area (Å²) in [6, 6.07) is 6.15. The molecular formula is C12H12N2OS. The van der Waals surface area contributed by atoms with Crippen LogP contribution in [-0.2, 0) is 6.42 Å². The van der Waals surface area contributed by atoms with Crippen LogP contribution in [0.1, 0.15) is 18.2 Å². The summed E-state index contributed by atoms with van der Waals surface area (Å²) in [6.07, 6.45) is 0.891. The van der Waals surface area contributed by atoms with Gasteiger partial charge >= 0.3 is 0 Å². The molecule has 0 saturated heterocycles. The average molecular weight is 232 g/mol. The van der Waals surface area contributed by atoms with Gasteiger partial charge in [-0.1, -0.05) is 12.1 Å².